The number of rotatable bonds is 11. The largest absolute Gasteiger partial charge is 0.467 e. The van der Waals surface area contributed by atoms with Crippen LogP contribution in [0.5, 0.6) is 0 Å². The van der Waals surface area contributed by atoms with Crippen LogP contribution >= 0.6 is 0 Å². The van der Waals surface area contributed by atoms with Crippen molar-refractivity contribution in [3.63, 3.8) is 0 Å². The number of nitrogens with zero attached hydrogens (tertiary/aromatic N) is 1. The lowest BCUT2D eigenvalue weighted by molar-refractivity contribution is -0.177. The fourth-order valence-electron chi connectivity index (χ4n) is 5.83. The van der Waals surface area contributed by atoms with Crippen molar-refractivity contribution in [2.45, 2.75) is 95.0 Å². The average molecular weight is 532 g/mol. The Labute approximate surface area is 223 Å². The molecular weight excluding hydrogens is 486 g/mol. The van der Waals surface area contributed by atoms with E-state index < -0.39 is 31.3 Å². The van der Waals surface area contributed by atoms with E-state index in [9.17, 15) is 14.7 Å². The van der Waals surface area contributed by atoms with Gasteiger partial charge >= 0.3 is 5.97 Å². The van der Waals surface area contributed by atoms with E-state index in [0.717, 1.165) is 5.56 Å². The molecule has 7 nitrogen and oxygen atoms in total. The first kappa shape index (κ1) is 29.7. The van der Waals surface area contributed by atoms with Crippen LogP contribution in [0.4, 0.5) is 0 Å². The van der Waals surface area contributed by atoms with E-state index >= 15 is 0 Å². The zero-order valence-corrected chi connectivity index (χ0v) is 24.6. The van der Waals surface area contributed by atoms with Crippen LogP contribution in [0, 0.1) is 5.92 Å². The van der Waals surface area contributed by atoms with Gasteiger partial charge in [-0.3, -0.25) is 9.69 Å². The van der Waals surface area contributed by atoms with Crippen LogP contribution in [0.2, 0.25) is 18.1 Å². The number of hydrogen-bond acceptors (Lipinski definition) is 7. The van der Waals surface area contributed by atoms with Gasteiger partial charge in [-0.1, -0.05) is 57.2 Å². The van der Waals surface area contributed by atoms with Crippen LogP contribution in [0.15, 0.2) is 43.0 Å². The molecule has 0 saturated carbocycles. The van der Waals surface area contributed by atoms with Gasteiger partial charge in [0.1, 0.15) is 5.78 Å². The molecule has 0 spiro atoms. The minimum atomic E-state index is -1.99. The number of benzene rings is 1. The number of aliphatic hydroxyl groups is 1. The number of Topliss-reactive ketones (excluding diaryl/α,β-unsaturated/α-hetero) is 1. The summed E-state index contributed by atoms with van der Waals surface area (Å²) in [5.74, 6) is -1.86. The second-order valence-corrected chi connectivity index (χ2v) is 17.1. The molecule has 2 aliphatic rings. The monoisotopic (exact) mass is 531 g/mol. The summed E-state index contributed by atoms with van der Waals surface area (Å²) in [6.45, 7) is 17.9. The number of esters is 1. The Morgan fingerprint density at radius 1 is 1.24 bits per heavy atom. The third-order valence-electron chi connectivity index (χ3n) is 8.84. The minimum Gasteiger partial charge on any atom is -0.467 e. The van der Waals surface area contributed by atoms with Gasteiger partial charge in [0.05, 0.1) is 31.3 Å². The van der Waals surface area contributed by atoms with E-state index in [1.807, 2.05) is 36.4 Å². The molecule has 3 rings (SSSR count). The van der Waals surface area contributed by atoms with Crippen LogP contribution in [-0.4, -0.2) is 73.6 Å². The minimum absolute atomic E-state index is 0.0705. The van der Waals surface area contributed by atoms with Gasteiger partial charge in [0, 0.05) is 25.6 Å². The molecule has 1 aromatic rings. The van der Waals surface area contributed by atoms with Gasteiger partial charge in [-0.15, -0.1) is 6.58 Å². The first-order valence-electron chi connectivity index (χ1n) is 13.2. The summed E-state index contributed by atoms with van der Waals surface area (Å²) in [5.41, 5.74) is -1.50. The molecule has 0 aromatic heterocycles. The second kappa shape index (κ2) is 11.1. The number of hydrogen-bond donors (Lipinski definition) is 1. The smallest absolute Gasteiger partial charge is 0.338 e. The van der Waals surface area contributed by atoms with E-state index in [4.69, 9.17) is 13.9 Å². The Bertz CT molecular complexity index is 972. The quantitative estimate of drug-likeness (QED) is 0.256. The normalized spacial score (nSPS) is 28.1. The van der Waals surface area contributed by atoms with Gasteiger partial charge in [-0.05, 0) is 43.5 Å². The molecule has 2 saturated heterocycles. The summed E-state index contributed by atoms with van der Waals surface area (Å²) in [7, 11) is -0.758. The molecule has 8 heteroatoms. The second-order valence-electron chi connectivity index (χ2n) is 12.2. The Morgan fingerprint density at radius 3 is 2.46 bits per heavy atom. The highest BCUT2D eigenvalue weighted by atomic mass is 28.4. The van der Waals surface area contributed by atoms with Gasteiger partial charge in [-0.2, -0.15) is 0 Å². The fourth-order valence-corrected chi connectivity index (χ4v) is 6.86. The molecule has 0 radical (unpaired) electrons. The summed E-state index contributed by atoms with van der Waals surface area (Å²) in [4.78, 5) is 28.5. The molecule has 206 valence electrons. The standard InChI is InChI=1S/C29H45NO6Si/c1-9-15-29-19-23(31)25(28(5,33)26(32)34-6)22(18-24(29)35-20-21-13-11-10-12-14-21)30(29)16-17-36-37(7,8)27(2,3)4/h9-14,22,24-25,33H,1,15-20H2,2-8H3. The molecular formula is C29H45NO6Si. The van der Waals surface area contributed by atoms with Crippen molar-refractivity contribution < 1.29 is 28.6 Å². The van der Waals surface area contributed by atoms with Gasteiger partial charge in [0.2, 0.25) is 0 Å². The molecule has 5 atom stereocenters. The molecule has 1 N–H and O–H groups in total. The third kappa shape index (κ3) is 5.78. The first-order chi connectivity index (χ1) is 17.2. The van der Waals surface area contributed by atoms with Crippen LogP contribution in [0.25, 0.3) is 0 Å². The summed E-state index contributed by atoms with van der Waals surface area (Å²) >= 11 is 0. The molecule has 37 heavy (non-hydrogen) atoms. The molecule has 2 aliphatic heterocycles. The molecule has 0 aliphatic carbocycles. The molecule has 2 bridgehead atoms. The van der Waals surface area contributed by atoms with Crippen molar-refractivity contribution in [1.29, 1.82) is 0 Å². The lowest BCUT2D eigenvalue weighted by Crippen LogP contribution is -2.65. The number of piperidine rings is 1. The number of carbonyl (C=O) groups is 2. The third-order valence-corrected chi connectivity index (χ3v) is 13.4. The zero-order valence-electron chi connectivity index (χ0n) is 23.6. The molecule has 5 unspecified atom stereocenters. The van der Waals surface area contributed by atoms with E-state index in [1.54, 1.807) is 0 Å². The highest BCUT2D eigenvalue weighted by molar-refractivity contribution is 6.74. The maximum atomic E-state index is 13.6. The Balaban J connectivity index is 1.95. The Hall–Kier alpha value is -1.84. The first-order valence-corrected chi connectivity index (χ1v) is 16.1. The molecule has 0 amide bonds. The number of methoxy groups -OCH3 is 1. The maximum Gasteiger partial charge on any atom is 0.338 e. The summed E-state index contributed by atoms with van der Waals surface area (Å²) in [6.07, 6.45) is 2.81. The van der Waals surface area contributed by atoms with E-state index in [2.05, 4.69) is 45.3 Å². The Kier molecular flexibility index (Phi) is 8.91. The van der Waals surface area contributed by atoms with Crippen LogP contribution in [-0.2, 0) is 30.1 Å². The number of ketones is 1. The topological polar surface area (TPSA) is 85.3 Å². The highest BCUT2D eigenvalue weighted by Gasteiger charge is 2.65. The number of ether oxygens (including phenoxy) is 2. The van der Waals surface area contributed by atoms with Gasteiger partial charge < -0.3 is 19.0 Å². The van der Waals surface area contributed by atoms with E-state index in [-0.39, 0.29) is 29.4 Å². The van der Waals surface area contributed by atoms with Crippen LogP contribution < -0.4 is 0 Å². The van der Waals surface area contributed by atoms with E-state index in [1.165, 1.54) is 14.0 Å². The van der Waals surface area contributed by atoms with Crippen molar-refractivity contribution >= 4 is 20.1 Å². The van der Waals surface area contributed by atoms with Crippen molar-refractivity contribution in [2.75, 3.05) is 20.3 Å². The Morgan fingerprint density at radius 2 is 1.89 bits per heavy atom. The van der Waals surface area contributed by atoms with Crippen molar-refractivity contribution in [1.82, 2.24) is 4.90 Å². The summed E-state index contributed by atoms with van der Waals surface area (Å²) in [6, 6.07) is 9.56. The van der Waals surface area contributed by atoms with Crippen molar-refractivity contribution in [3.05, 3.63) is 48.6 Å². The van der Waals surface area contributed by atoms with Gasteiger partial charge in [-0.25, -0.2) is 4.79 Å². The van der Waals surface area contributed by atoms with Crippen LogP contribution in [0.3, 0.4) is 0 Å². The highest BCUT2D eigenvalue weighted by Crippen LogP contribution is 2.51. The van der Waals surface area contributed by atoms with Gasteiger partial charge in [0.15, 0.2) is 13.9 Å². The fraction of sp³-hybridized carbons (Fsp3) is 0.655. The molecule has 1 aromatic carbocycles. The SMILES string of the molecule is C=CCC12CC(=O)C(C(C)(O)C(=O)OC)C(CC1OCc1ccccc1)N2CCO[Si](C)(C)C(C)(C)C. The zero-order chi connectivity index (χ0) is 27.6. The van der Waals surface area contributed by atoms with E-state index in [0.29, 0.717) is 32.6 Å². The predicted molar refractivity (Wildman–Crippen MR) is 147 cm³/mol. The predicted octanol–water partition coefficient (Wildman–Crippen LogP) is 4.50. The molecule has 2 fully saturated rings. The lowest BCUT2D eigenvalue weighted by atomic mass is 9.73. The summed E-state index contributed by atoms with van der Waals surface area (Å²) in [5, 5.41) is 11.3. The van der Waals surface area contributed by atoms with Crippen molar-refractivity contribution in [3.8, 4) is 0 Å². The number of carbonyl (C=O) groups excluding carboxylic acids is 2. The molecule has 2 heterocycles. The van der Waals surface area contributed by atoms with Crippen molar-refractivity contribution in [2.24, 2.45) is 5.92 Å². The average Bonchev–Trinajstić information content (AvgIpc) is 3.01. The maximum absolute atomic E-state index is 13.6. The number of fused-ring (bicyclic) bond motifs is 2. The van der Waals surface area contributed by atoms with Crippen LogP contribution in [0.1, 0.15) is 52.5 Å². The lowest BCUT2D eigenvalue weighted by Gasteiger charge is -2.50. The van der Waals surface area contributed by atoms with Gasteiger partial charge in [0.25, 0.3) is 0 Å². The summed E-state index contributed by atoms with van der Waals surface area (Å²) < 4.78 is 17.9.